The highest BCUT2D eigenvalue weighted by Crippen LogP contribution is 2.20. The predicted molar refractivity (Wildman–Crippen MR) is 77.8 cm³/mol. The first-order valence-corrected chi connectivity index (χ1v) is 6.98. The fourth-order valence-corrected chi connectivity index (χ4v) is 2.47. The SMILES string of the molecule is C=CCN(CC=C)C(=O)CN1CCC(C(C)O)CC1. The molecule has 1 amide bonds. The topological polar surface area (TPSA) is 43.8 Å². The van der Waals surface area contributed by atoms with E-state index in [2.05, 4.69) is 18.1 Å². The van der Waals surface area contributed by atoms with E-state index in [9.17, 15) is 9.90 Å². The lowest BCUT2D eigenvalue weighted by atomic mass is 9.92. The van der Waals surface area contributed by atoms with Gasteiger partial charge < -0.3 is 10.0 Å². The van der Waals surface area contributed by atoms with E-state index >= 15 is 0 Å². The number of hydrogen-bond acceptors (Lipinski definition) is 3. The Morgan fingerprint density at radius 1 is 1.37 bits per heavy atom. The van der Waals surface area contributed by atoms with E-state index in [1.807, 2.05) is 6.92 Å². The summed E-state index contributed by atoms with van der Waals surface area (Å²) in [5, 5.41) is 9.56. The molecule has 1 saturated heterocycles. The highest BCUT2D eigenvalue weighted by molar-refractivity contribution is 5.78. The number of carbonyl (C=O) groups is 1. The lowest BCUT2D eigenvalue weighted by Gasteiger charge is -2.33. The average molecular weight is 266 g/mol. The third-order valence-electron chi connectivity index (χ3n) is 3.73. The minimum Gasteiger partial charge on any atom is -0.393 e. The van der Waals surface area contributed by atoms with E-state index in [1.165, 1.54) is 0 Å². The van der Waals surface area contributed by atoms with Gasteiger partial charge in [0.2, 0.25) is 5.91 Å². The summed E-state index contributed by atoms with van der Waals surface area (Å²) in [6.45, 7) is 12.5. The fraction of sp³-hybridized carbons (Fsp3) is 0.667. The van der Waals surface area contributed by atoms with Crippen molar-refractivity contribution in [1.82, 2.24) is 9.80 Å². The van der Waals surface area contributed by atoms with Crippen molar-refractivity contribution in [3.63, 3.8) is 0 Å². The molecule has 1 fully saturated rings. The Kier molecular flexibility index (Phi) is 6.81. The molecule has 108 valence electrons. The van der Waals surface area contributed by atoms with E-state index in [4.69, 9.17) is 0 Å². The van der Waals surface area contributed by atoms with E-state index in [1.54, 1.807) is 17.1 Å². The first-order valence-electron chi connectivity index (χ1n) is 6.98. The number of aliphatic hydroxyl groups excluding tert-OH is 1. The van der Waals surface area contributed by atoms with Crippen molar-refractivity contribution in [2.45, 2.75) is 25.9 Å². The van der Waals surface area contributed by atoms with Gasteiger partial charge in [0, 0.05) is 13.1 Å². The van der Waals surface area contributed by atoms with Crippen LogP contribution in [-0.2, 0) is 4.79 Å². The van der Waals surface area contributed by atoms with E-state index < -0.39 is 0 Å². The number of amides is 1. The van der Waals surface area contributed by atoms with Crippen molar-refractivity contribution in [2.75, 3.05) is 32.7 Å². The maximum absolute atomic E-state index is 12.1. The third-order valence-corrected chi connectivity index (χ3v) is 3.73. The maximum atomic E-state index is 12.1. The lowest BCUT2D eigenvalue weighted by molar-refractivity contribution is -0.131. The predicted octanol–water partition coefficient (Wildman–Crippen LogP) is 1.28. The Morgan fingerprint density at radius 2 is 1.89 bits per heavy atom. The number of aliphatic hydroxyl groups is 1. The molecule has 0 aromatic carbocycles. The minimum absolute atomic E-state index is 0.121. The molecule has 1 rings (SSSR count). The Bertz CT molecular complexity index is 297. The van der Waals surface area contributed by atoms with Crippen molar-refractivity contribution in [1.29, 1.82) is 0 Å². The molecule has 1 atom stereocenters. The van der Waals surface area contributed by atoms with Crippen LogP contribution in [0, 0.1) is 5.92 Å². The quantitative estimate of drug-likeness (QED) is 0.706. The van der Waals surface area contributed by atoms with Gasteiger partial charge in [-0.05, 0) is 38.8 Å². The number of hydrogen-bond donors (Lipinski definition) is 1. The molecule has 0 saturated carbocycles. The van der Waals surface area contributed by atoms with Crippen LogP contribution in [0.25, 0.3) is 0 Å². The van der Waals surface area contributed by atoms with Crippen LogP contribution in [-0.4, -0.2) is 59.6 Å². The highest BCUT2D eigenvalue weighted by Gasteiger charge is 2.24. The van der Waals surface area contributed by atoms with Crippen molar-refractivity contribution >= 4 is 5.91 Å². The second-order valence-corrected chi connectivity index (χ2v) is 5.23. The van der Waals surface area contributed by atoms with Crippen LogP contribution in [0.4, 0.5) is 0 Å². The van der Waals surface area contributed by atoms with Crippen LogP contribution in [0.5, 0.6) is 0 Å². The van der Waals surface area contributed by atoms with Gasteiger partial charge in [0.25, 0.3) is 0 Å². The van der Waals surface area contributed by atoms with Crippen molar-refractivity contribution in [2.24, 2.45) is 5.92 Å². The van der Waals surface area contributed by atoms with Gasteiger partial charge in [0.1, 0.15) is 0 Å². The van der Waals surface area contributed by atoms with Gasteiger partial charge in [-0.25, -0.2) is 0 Å². The third kappa shape index (κ3) is 5.17. The Balaban J connectivity index is 2.40. The van der Waals surface area contributed by atoms with Gasteiger partial charge in [-0.2, -0.15) is 0 Å². The first-order chi connectivity index (χ1) is 9.08. The molecule has 0 aromatic heterocycles. The molecular formula is C15H26N2O2. The van der Waals surface area contributed by atoms with Crippen LogP contribution in [0.3, 0.4) is 0 Å². The van der Waals surface area contributed by atoms with Crippen LogP contribution in [0.15, 0.2) is 25.3 Å². The zero-order valence-corrected chi connectivity index (χ0v) is 11.9. The van der Waals surface area contributed by atoms with Gasteiger partial charge in [0.05, 0.1) is 12.6 Å². The zero-order valence-electron chi connectivity index (χ0n) is 11.9. The molecule has 0 aromatic rings. The Morgan fingerprint density at radius 3 is 2.32 bits per heavy atom. The van der Waals surface area contributed by atoms with Gasteiger partial charge in [-0.3, -0.25) is 9.69 Å². The molecule has 0 radical (unpaired) electrons. The van der Waals surface area contributed by atoms with E-state index in [-0.39, 0.29) is 12.0 Å². The Hall–Kier alpha value is -1.13. The summed E-state index contributed by atoms with van der Waals surface area (Å²) in [5.74, 6) is 0.499. The first kappa shape index (κ1) is 15.9. The number of piperidine rings is 1. The van der Waals surface area contributed by atoms with Crippen LogP contribution >= 0.6 is 0 Å². The van der Waals surface area contributed by atoms with Gasteiger partial charge >= 0.3 is 0 Å². The molecule has 0 spiro atoms. The summed E-state index contributed by atoms with van der Waals surface area (Å²) >= 11 is 0. The molecule has 1 heterocycles. The normalized spacial score (nSPS) is 18.8. The molecule has 4 heteroatoms. The molecule has 1 aliphatic rings. The van der Waals surface area contributed by atoms with Gasteiger partial charge in [-0.15, -0.1) is 13.2 Å². The van der Waals surface area contributed by atoms with Crippen LogP contribution in [0.2, 0.25) is 0 Å². The van der Waals surface area contributed by atoms with E-state index in [0.29, 0.717) is 25.6 Å². The number of rotatable bonds is 7. The average Bonchev–Trinajstić information content (AvgIpc) is 2.39. The number of likely N-dealkylation sites (tertiary alicyclic amines) is 1. The number of carbonyl (C=O) groups excluding carboxylic acids is 1. The summed E-state index contributed by atoms with van der Waals surface area (Å²) in [6.07, 6.45) is 5.17. The van der Waals surface area contributed by atoms with Crippen molar-refractivity contribution in [3.05, 3.63) is 25.3 Å². The van der Waals surface area contributed by atoms with Gasteiger partial charge in [-0.1, -0.05) is 12.2 Å². The lowest BCUT2D eigenvalue weighted by Crippen LogP contribution is -2.44. The van der Waals surface area contributed by atoms with Crippen LogP contribution in [0.1, 0.15) is 19.8 Å². The van der Waals surface area contributed by atoms with Crippen molar-refractivity contribution < 1.29 is 9.90 Å². The monoisotopic (exact) mass is 266 g/mol. The summed E-state index contributed by atoms with van der Waals surface area (Å²) in [4.78, 5) is 16.1. The number of nitrogens with zero attached hydrogens (tertiary/aromatic N) is 2. The molecule has 0 aliphatic carbocycles. The van der Waals surface area contributed by atoms with Crippen LogP contribution < -0.4 is 0 Å². The smallest absolute Gasteiger partial charge is 0.237 e. The molecule has 19 heavy (non-hydrogen) atoms. The van der Waals surface area contributed by atoms with E-state index in [0.717, 1.165) is 25.9 Å². The second-order valence-electron chi connectivity index (χ2n) is 5.23. The Labute approximate surface area is 116 Å². The van der Waals surface area contributed by atoms with Crippen molar-refractivity contribution in [3.8, 4) is 0 Å². The fourth-order valence-electron chi connectivity index (χ4n) is 2.47. The molecule has 1 aliphatic heterocycles. The molecular weight excluding hydrogens is 240 g/mol. The standard InChI is InChI=1S/C15H26N2O2/c1-4-8-17(9-5-2)15(19)12-16-10-6-14(7-11-16)13(3)18/h4-5,13-14,18H,1-2,6-12H2,3H3. The zero-order chi connectivity index (χ0) is 14.3. The second kappa shape index (κ2) is 8.12. The highest BCUT2D eigenvalue weighted by atomic mass is 16.3. The summed E-state index contributed by atoms with van der Waals surface area (Å²) < 4.78 is 0. The summed E-state index contributed by atoms with van der Waals surface area (Å²) in [7, 11) is 0. The molecule has 4 nitrogen and oxygen atoms in total. The largest absolute Gasteiger partial charge is 0.393 e. The summed E-state index contributed by atoms with van der Waals surface area (Å²) in [6, 6.07) is 0. The molecule has 0 bridgehead atoms. The van der Waals surface area contributed by atoms with Gasteiger partial charge in [0.15, 0.2) is 0 Å². The summed E-state index contributed by atoms with van der Waals surface area (Å²) in [5.41, 5.74) is 0. The minimum atomic E-state index is -0.240. The molecule has 1 N–H and O–H groups in total. The molecule has 1 unspecified atom stereocenters. The maximum Gasteiger partial charge on any atom is 0.237 e.